The van der Waals surface area contributed by atoms with Crippen LogP contribution < -0.4 is 15.0 Å². The van der Waals surface area contributed by atoms with Gasteiger partial charge in [0.1, 0.15) is 5.75 Å². The van der Waals surface area contributed by atoms with Crippen LogP contribution in [0.1, 0.15) is 63.9 Å². The highest BCUT2D eigenvalue weighted by molar-refractivity contribution is 5.92. The number of nitrogens with zero attached hydrogens (tertiary/aromatic N) is 1. The minimum Gasteiger partial charge on any atom is -0.493 e. The van der Waals surface area contributed by atoms with E-state index in [4.69, 9.17) is 9.47 Å². The van der Waals surface area contributed by atoms with Crippen LogP contribution in [0.3, 0.4) is 0 Å². The average Bonchev–Trinajstić information content (AvgIpc) is 3.72. The molecule has 0 atom stereocenters. The lowest BCUT2D eigenvalue weighted by Crippen LogP contribution is -2.37. The summed E-state index contributed by atoms with van der Waals surface area (Å²) in [4.78, 5) is 25.9. The second-order valence-electron chi connectivity index (χ2n) is 9.42. The molecule has 2 amide bonds. The summed E-state index contributed by atoms with van der Waals surface area (Å²) < 4.78 is 11.0. The summed E-state index contributed by atoms with van der Waals surface area (Å²) in [5.41, 5.74) is 3.84. The smallest absolute Gasteiger partial charge is 0.321 e. The van der Waals surface area contributed by atoms with Gasteiger partial charge in [-0.05, 0) is 60.9 Å². The van der Waals surface area contributed by atoms with Gasteiger partial charge in [0.25, 0.3) is 0 Å². The SMILES string of the molecule is CCCCCCCNC(=O)N(C)c1cccc(-c2ccc(CCC(=O)OC)cc2OCC2CC2)c1. The molecular formula is C29H40N2O4. The molecule has 3 rings (SSSR count). The molecule has 0 unspecified atom stereocenters. The number of hydrogen-bond donors (Lipinski definition) is 1. The van der Waals surface area contributed by atoms with Gasteiger partial charge >= 0.3 is 12.0 Å². The lowest BCUT2D eigenvalue weighted by Gasteiger charge is -2.20. The molecule has 1 N–H and O–H groups in total. The molecular weight excluding hydrogens is 440 g/mol. The highest BCUT2D eigenvalue weighted by Crippen LogP contribution is 2.36. The Morgan fingerprint density at radius 2 is 1.86 bits per heavy atom. The number of ether oxygens (including phenoxy) is 2. The molecule has 6 heteroatoms. The predicted molar refractivity (Wildman–Crippen MR) is 141 cm³/mol. The molecule has 0 aliphatic heterocycles. The summed E-state index contributed by atoms with van der Waals surface area (Å²) >= 11 is 0. The fraction of sp³-hybridized carbons (Fsp3) is 0.517. The second-order valence-corrected chi connectivity index (χ2v) is 9.42. The minimum absolute atomic E-state index is 0.0963. The van der Waals surface area contributed by atoms with E-state index < -0.39 is 0 Å². The third-order valence-electron chi connectivity index (χ3n) is 6.47. The minimum atomic E-state index is -0.218. The fourth-order valence-electron chi connectivity index (χ4n) is 3.96. The average molecular weight is 481 g/mol. The lowest BCUT2D eigenvalue weighted by atomic mass is 10.00. The standard InChI is InChI=1S/C29H40N2O4/c1-4-5-6-7-8-18-30-29(33)31(2)25-11-9-10-24(20-25)26-16-14-22(15-17-28(32)34-3)19-27(26)35-21-23-12-13-23/h9-11,14,16,19-20,23H,4-8,12-13,15,17-18,21H2,1-3H3,(H,30,33). The number of esters is 1. The van der Waals surface area contributed by atoms with Crippen molar-refractivity contribution in [1.29, 1.82) is 0 Å². The number of hydrogen-bond acceptors (Lipinski definition) is 4. The molecule has 1 aliphatic carbocycles. The zero-order valence-corrected chi connectivity index (χ0v) is 21.5. The predicted octanol–water partition coefficient (Wildman–Crippen LogP) is 6.36. The first-order chi connectivity index (χ1) is 17.0. The third-order valence-corrected chi connectivity index (χ3v) is 6.47. The van der Waals surface area contributed by atoms with Crippen molar-refractivity contribution in [3.8, 4) is 16.9 Å². The maximum Gasteiger partial charge on any atom is 0.321 e. The molecule has 0 spiro atoms. The van der Waals surface area contributed by atoms with Gasteiger partial charge in [-0.25, -0.2) is 4.79 Å². The molecule has 1 aliphatic rings. The number of carbonyl (C=O) groups is 2. The second kappa shape index (κ2) is 13.8. The van der Waals surface area contributed by atoms with Crippen molar-refractivity contribution in [3.63, 3.8) is 0 Å². The maximum atomic E-state index is 12.7. The summed E-state index contributed by atoms with van der Waals surface area (Å²) in [6.07, 6.45) is 9.21. The number of nitrogens with one attached hydrogen (secondary N) is 1. The van der Waals surface area contributed by atoms with E-state index in [2.05, 4.69) is 12.2 Å². The molecule has 2 aromatic carbocycles. The van der Waals surface area contributed by atoms with Crippen molar-refractivity contribution in [2.75, 3.05) is 32.2 Å². The number of anilines is 1. The van der Waals surface area contributed by atoms with Crippen molar-refractivity contribution >= 4 is 17.7 Å². The Bertz CT molecular complexity index is 971. The van der Waals surface area contributed by atoms with Gasteiger partial charge in [0.05, 0.1) is 13.7 Å². The van der Waals surface area contributed by atoms with E-state index in [9.17, 15) is 9.59 Å². The number of benzene rings is 2. The number of amides is 2. The zero-order chi connectivity index (χ0) is 25.0. The molecule has 1 fully saturated rings. The fourth-order valence-corrected chi connectivity index (χ4v) is 3.96. The summed E-state index contributed by atoms with van der Waals surface area (Å²) in [5.74, 6) is 1.23. The quantitative estimate of drug-likeness (QED) is 0.252. The molecule has 190 valence electrons. The Kier molecular flexibility index (Phi) is 10.5. The molecule has 0 bridgehead atoms. The van der Waals surface area contributed by atoms with Crippen molar-refractivity contribution < 1.29 is 19.1 Å². The van der Waals surface area contributed by atoms with E-state index >= 15 is 0 Å². The Morgan fingerprint density at radius 1 is 1.06 bits per heavy atom. The molecule has 1 saturated carbocycles. The van der Waals surface area contributed by atoms with Gasteiger partial charge in [-0.2, -0.15) is 0 Å². The lowest BCUT2D eigenvalue weighted by molar-refractivity contribution is -0.140. The molecule has 0 aromatic heterocycles. The van der Waals surface area contributed by atoms with Crippen LogP contribution in [0, 0.1) is 5.92 Å². The Balaban J connectivity index is 1.69. The van der Waals surface area contributed by atoms with Crippen molar-refractivity contribution in [2.24, 2.45) is 5.92 Å². The first-order valence-electron chi connectivity index (χ1n) is 13.0. The van der Waals surface area contributed by atoms with Gasteiger partial charge < -0.3 is 14.8 Å². The van der Waals surface area contributed by atoms with E-state index in [1.54, 1.807) is 11.9 Å². The van der Waals surface area contributed by atoms with Gasteiger partial charge in [0.2, 0.25) is 0 Å². The van der Waals surface area contributed by atoms with E-state index in [0.29, 0.717) is 31.9 Å². The van der Waals surface area contributed by atoms with Crippen molar-refractivity contribution in [2.45, 2.75) is 64.7 Å². The Hall–Kier alpha value is -3.02. The van der Waals surface area contributed by atoms with Crippen LogP contribution in [0.15, 0.2) is 42.5 Å². The number of aryl methyl sites for hydroxylation is 1. The van der Waals surface area contributed by atoms with E-state index in [-0.39, 0.29) is 12.0 Å². The summed E-state index contributed by atoms with van der Waals surface area (Å²) in [5, 5.41) is 3.03. The van der Waals surface area contributed by atoms with E-state index in [1.807, 2.05) is 42.5 Å². The van der Waals surface area contributed by atoms with Gasteiger partial charge in [-0.3, -0.25) is 9.69 Å². The summed E-state index contributed by atoms with van der Waals surface area (Å²) in [6, 6.07) is 14.0. The monoisotopic (exact) mass is 480 g/mol. The van der Waals surface area contributed by atoms with Crippen LogP contribution in [0.4, 0.5) is 10.5 Å². The molecule has 2 aromatic rings. The molecule has 0 radical (unpaired) electrons. The normalized spacial score (nSPS) is 12.8. The van der Waals surface area contributed by atoms with E-state index in [1.165, 1.54) is 39.2 Å². The van der Waals surface area contributed by atoms with Gasteiger partial charge in [0, 0.05) is 31.3 Å². The van der Waals surface area contributed by atoms with Gasteiger partial charge in [-0.1, -0.05) is 56.9 Å². The topological polar surface area (TPSA) is 67.9 Å². The van der Waals surface area contributed by atoms with Gasteiger partial charge in [-0.15, -0.1) is 0 Å². The number of carbonyl (C=O) groups excluding carboxylic acids is 2. The largest absolute Gasteiger partial charge is 0.493 e. The maximum absolute atomic E-state index is 12.7. The zero-order valence-electron chi connectivity index (χ0n) is 21.5. The van der Waals surface area contributed by atoms with Crippen molar-refractivity contribution in [3.05, 3.63) is 48.0 Å². The van der Waals surface area contributed by atoms with Crippen LogP contribution in [-0.2, 0) is 16.0 Å². The van der Waals surface area contributed by atoms with Crippen LogP contribution in [0.2, 0.25) is 0 Å². The summed E-state index contributed by atoms with van der Waals surface area (Å²) in [6.45, 7) is 3.60. The number of rotatable bonds is 14. The molecule has 35 heavy (non-hydrogen) atoms. The number of methoxy groups -OCH3 is 1. The van der Waals surface area contributed by atoms with Crippen LogP contribution in [0.5, 0.6) is 5.75 Å². The van der Waals surface area contributed by atoms with Gasteiger partial charge in [0.15, 0.2) is 0 Å². The van der Waals surface area contributed by atoms with E-state index in [0.717, 1.165) is 41.0 Å². The van der Waals surface area contributed by atoms with Crippen LogP contribution in [0.25, 0.3) is 11.1 Å². The molecule has 6 nitrogen and oxygen atoms in total. The Labute approximate surface area is 210 Å². The number of urea groups is 1. The third kappa shape index (κ3) is 8.61. The first-order valence-corrected chi connectivity index (χ1v) is 13.0. The first kappa shape index (κ1) is 26.6. The molecule has 0 saturated heterocycles. The summed E-state index contributed by atoms with van der Waals surface area (Å²) in [7, 11) is 3.21. The van der Waals surface area contributed by atoms with Crippen LogP contribution >= 0.6 is 0 Å². The Morgan fingerprint density at radius 3 is 2.60 bits per heavy atom. The van der Waals surface area contributed by atoms with Crippen LogP contribution in [-0.4, -0.2) is 39.3 Å². The molecule has 0 heterocycles. The number of unbranched alkanes of at least 4 members (excludes halogenated alkanes) is 4. The van der Waals surface area contributed by atoms with Crippen molar-refractivity contribution in [1.82, 2.24) is 5.32 Å². The highest BCUT2D eigenvalue weighted by atomic mass is 16.5. The highest BCUT2D eigenvalue weighted by Gasteiger charge is 2.23.